The van der Waals surface area contributed by atoms with E-state index in [0.717, 1.165) is 37.6 Å². The molecule has 1 fully saturated rings. The van der Waals surface area contributed by atoms with Crippen molar-refractivity contribution in [2.24, 2.45) is 5.92 Å². The molecule has 0 aromatic carbocycles. The van der Waals surface area contributed by atoms with Crippen LogP contribution in [0, 0.1) is 5.92 Å². The van der Waals surface area contributed by atoms with Crippen LogP contribution in [-0.2, 0) is 9.53 Å². The number of amides is 1. The van der Waals surface area contributed by atoms with Crippen molar-refractivity contribution in [1.82, 2.24) is 5.32 Å². The molecule has 1 amide bonds. The predicted molar refractivity (Wildman–Crippen MR) is 68.8 cm³/mol. The van der Waals surface area contributed by atoms with E-state index in [1.54, 1.807) is 0 Å². The number of hydrogen-bond donors (Lipinski definition) is 1. The first-order valence-electron chi connectivity index (χ1n) is 6.17. The minimum Gasteiger partial charge on any atom is -0.377 e. The minimum atomic E-state index is 0.0661. The summed E-state index contributed by atoms with van der Waals surface area (Å²) in [4.78, 5) is 12.0. The Labute approximate surface area is 106 Å². The van der Waals surface area contributed by atoms with Gasteiger partial charge in [0.1, 0.15) is 0 Å². The highest BCUT2D eigenvalue weighted by atomic mass is 79.9. The average Bonchev–Trinajstić information content (AvgIpc) is 2.74. The molecule has 1 aliphatic heterocycles. The molecule has 3 atom stereocenters. The smallest absolute Gasteiger partial charge is 0.226 e. The van der Waals surface area contributed by atoms with Crippen molar-refractivity contribution in [3.8, 4) is 0 Å². The fourth-order valence-corrected chi connectivity index (χ4v) is 2.48. The molecule has 0 saturated carbocycles. The van der Waals surface area contributed by atoms with Crippen LogP contribution in [0.5, 0.6) is 0 Å². The van der Waals surface area contributed by atoms with Gasteiger partial charge >= 0.3 is 0 Å². The third-order valence-electron chi connectivity index (χ3n) is 3.11. The van der Waals surface area contributed by atoms with E-state index in [0.29, 0.717) is 0 Å². The maximum absolute atomic E-state index is 12.0. The fourth-order valence-electron chi connectivity index (χ4n) is 2.16. The first-order chi connectivity index (χ1) is 7.69. The lowest BCUT2D eigenvalue weighted by Crippen LogP contribution is -2.40. The van der Waals surface area contributed by atoms with Gasteiger partial charge in [-0.1, -0.05) is 22.9 Å². The lowest BCUT2D eigenvalue weighted by atomic mass is 9.98. The Balaban J connectivity index is 2.33. The second-order valence-corrected chi connectivity index (χ2v) is 5.25. The van der Waals surface area contributed by atoms with Crippen LogP contribution < -0.4 is 5.32 Å². The van der Waals surface area contributed by atoms with Crippen LogP contribution in [0.15, 0.2) is 0 Å². The van der Waals surface area contributed by atoms with Crippen molar-refractivity contribution in [3.63, 3.8) is 0 Å². The first kappa shape index (κ1) is 14.0. The van der Waals surface area contributed by atoms with Crippen molar-refractivity contribution in [2.75, 3.05) is 11.9 Å². The van der Waals surface area contributed by atoms with E-state index < -0.39 is 0 Å². The van der Waals surface area contributed by atoms with E-state index in [9.17, 15) is 4.79 Å². The molecule has 1 rings (SSSR count). The summed E-state index contributed by atoms with van der Waals surface area (Å²) in [6, 6.07) is 0.267. The summed E-state index contributed by atoms with van der Waals surface area (Å²) in [6.07, 6.45) is 4.05. The summed E-state index contributed by atoms with van der Waals surface area (Å²) < 4.78 is 5.53. The van der Waals surface area contributed by atoms with Gasteiger partial charge in [0.25, 0.3) is 0 Å². The van der Waals surface area contributed by atoms with E-state index >= 15 is 0 Å². The molecule has 0 spiro atoms. The maximum Gasteiger partial charge on any atom is 0.226 e. The molecule has 0 bridgehead atoms. The molecular formula is C12H22BrNO2. The molecule has 1 N–H and O–H groups in total. The molecule has 1 saturated heterocycles. The van der Waals surface area contributed by atoms with E-state index in [1.807, 2.05) is 0 Å². The van der Waals surface area contributed by atoms with E-state index in [1.165, 1.54) is 0 Å². The molecule has 0 aromatic heterocycles. The number of alkyl halides is 1. The zero-order valence-corrected chi connectivity index (χ0v) is 11.8. The van der Waals surface area contributed by atoms with Gasteiger partial charge in [-0.05, 0) is 32.6 Å². The molecule has 3 nitrogen and oxygen atoms in total. The van der Waals surface area contributed by atoms with Crippen LogP contribution in [0.3, 0.4) is 0 Å². The molecule has 16 heavy (non-hydrogen) atoms. The van der Waals surface area contributed by atoms with Gasteiger partial charge in [0.15, 0.2) is 0 Å². The SMILES string of the molecule is CCC1OCCC1C(=O)NC(C)CCCBr. The predicted octanol–water partition coefficient (Wildman–Crippen LogP) is 2.48. The van der Waals surface area contributed by atoms with Crippen LogP contribution in [0.25, 0.3) is 0 Å². The minimum absolute atomic E-state index is 0.0661. The van der Waals surface area contributed by atoms with Gasteiger partial charge in [-0.3, -0.25) is 4.79 Å². The molecule has 0 radical (unpaired) electrons. The quantitative estimate of drug-likeness (QED) is 0.764. The Bertz CT molecular complexity index is 223. The van der Waals surface area contributed by atoms with Gasteiger partial charge in [-0.15, -0.1) is 0 Å². The number of carbonyl (C=O) groups is 1. The maximum atomic E-state index is 12.0. The molecule has 1 heterocycles. The Kier molecular flexibility index (Phi) is 6.36. The average molecular weight is 292 g/mol. The van der Waals surface area contributed by atoms with Gasteiger partial charge in [0.2, 0.25) is 5.91 Å². The summed E-state index contributed by atoms with van der Waals surface area (Å²) in [5.74, 6) is 0.239. The molecule has 3 unspecified atom stereocenters. The van der Waals surface area contributed by atoms with Gasteiger partial charge in [-0.2, -0.15) is 0 Å². The summed E-state index contributed by atoms with van der Waals surface area (Å²) in [5.41, 5.74) is 0. The van der Waals surface area contributed by atoms with Crippen molar-refractivity contribution < 1.29 is 9.53 Å². The summed E-state index contributed by atoms with van der Waals surface area (Å²) in [6.45, 7) is 4.87. The second-order valence-electron chi connectivity index (χ2n) is 4.45. The lowest BCUT2D eigenvalue weighted by molar-refractivity contribution is -0.127. The van der Waals surface area contributed by atoms with Crippen molar-refractivity contribution in [2.45, 2.75) is 51.7 Å². The largest absolute Gasteiger partial charge is 0.377 e. The van der Waals surface area contributed by atoms with E-state index in [-0.39, 0.29) is 24.0 Å². The van der Waals surface area contributed by atoms with Crippen LogP contribution in [0.2, 0.25) is 0 Å². The van der Waals surface area contributed by atoms with E-state index in [4.69, 9.17) is 4.74 Å². The van der Waals surface area contributed by atoms with Crippen molar-refractivity contribution >= 4 is 21.8 Å². The third kappa shape index (κ3) is 4.06. The topological polar surface area (TPSA) is 38.3 Å². The highest BCUT2D eigenvalue weighted by molar-refractivity contribution is 9.09. The Morgan fingerprint density at radius 2 is 2.38 bits per heavy atom. The number of hydrogen-bond acceptors (Lipinski definition) is 2. The van der Waals surface area contributed by atoms with Crippen LogP contribution in [0.4, 0.5) is 0 Å². The standard InChI is InChI=1S/C12H22BrNO2/c1-3-11-10(6-8-16-11)12(15)14-9(2)5-4-7-13/h9-11H,3-8H2,1-2H3,(H,14,15). The van der Waals surface area contributed by atoms with Crippen molar-refractivity contribution in [3.05, 3.63) is 0 Å². The Morgan fingerprint density at radius 1 is 1.62 bits per heavy atom. The van der Waals surface area contributed by atoms with E-state index in [2.05, 4.69) is 35.1 Å². The zero-order chi connectivity index (χ0) is 12.0. The molecule has 0 aromatic rings. The van der Waals surface area contributed by atoms with Gasteiger partial charge < -0.3 is 10.1 Å². The number of nitrogens with one attached hydrogen (secondary N) is 1. The highest BCUT2D eigenvalue weighted by Crippen LogP contribution is 2.23. The fraction of sp³-hybridized carbons (Fsp3) is 0.917. The Hall–Kier alpha value is -0.0900. The summed E-state index contributed by atoms with van der Waals surface area (Å²) in [5, 5.41) is 4.08. The second kappa shape index (κ2) is 7.28. The number of rotatable bonds is 6. The molecule has 1 aliphatic rings. The first-order valence-corrected chi connectivity index (χ1v) is 7.29. The van der Waals surface area contributed by atoms with Gasteiger partial charge in [0, 0.05) is 18.0 Å². The molecule has 94 valence electrons. The summed E-state index contributed by atoms with van der Waals surface area (Å²) >= 11 is 3.40. The Morgan fingerprint density at radius 3 is 3.00 bits per heavy atom. The highest BCUT2D eigenvalue weighted by Gasteiger charge is 2.32. The summed E-state index contributed by atoms with van der Waals surface area (Å²) in [7, 11) is 0. The van der Waals surface area contributed by atoms with Crippen molar-refractivity contribution in [1.29, 1.82) is 0 Å². The monoisotopic (exact) mass is 291 g/mol. The number of carbonyl (C=O) groups excluding carboxylic acids is 1. The van der Waals surface area contributed by atoms with Crippen LogP contribution in [0.1, 0.15) is 39.5 Å². The molecule has 0 aliphatic carbocycles. The van der Waals surface area contributed by atoms with Gasteiger partial charge in [0.05, 0.1) is 12.0 Å². The normalized spacial score (nSPS) is 26.7. The lowest BCUT2D eigenvalue weighted by Gasteiger charge is -2.19. The zero-order valence-electron chi connectivity index (χ0n) is 10.2. The van der Waals surface area contributed by atoms with Gasteiger partial charge in [-0.25, -0.2) is 0 Å². The molecule has 4 heteroatoms. The number of ether oxygens (including phenoxy) is 1. The van der Waals surface area contributed by atoms with Crippen LogP contribution in [-0.4, -0.2) is 30.0 Å². The third-order valence-corrected chi connectivity index (χ3v) is 3.67. The molecular weight excluding hydrogens is 270 g/mol. The van der Waals surface area contributed by atoms with Crippen LogP contribution >= 0.6 is 15.9 Å². The number of halogens is 1.